The average Bonchev–Trinajstić information content (AvgIpc) is 3.07. The number of unbranched alkanes of at least 4 members (excludes halogenated alkanes) is 19. The van der Waals surface area contributed by atoms with Crippen LogP contribution in [0, 0.1) is 0 Å². The van der Waals surface area contributed by atoms with Crippen LogP contribution in [0.15, 0.2) is 12.2 Å². The first-order chi connectivity index (χ1) is 22.9. The molecule has 9 nitrogen and oxygen atoms in total. The number of allylic oxidation sites excluding steroid dienone is 2. The van der Waals surface area contributed by atoms with E-state index in [0.717, 1.165) is 32.1 Å². The number of ether oxygens (including phenoxy) is 4. The lowest BCUT2D eigenvalue weighted by Gasteiger charge is -2.39. The van der Waals surface area contributed by atoms with Crippen LogP contribution in [0.3, 0.4) is 0 Å². The van der Waals surface area contributed by atoms with Gasteiger partial charge in [-0.1, -0.05) is 129 Å². The highest BCUT2D eigenvalue weighted by atomic mass is 16.7. The van der Waals surface area contributed by atoms with Crippen LogP contribution in [-0.4, -0.2) is 89.6 Å². The molecule has 0 amide bonds. The molecule has 1 aliphatic heterocycles. The van der Waals surface area contributed by atoms with E-state index >= 15 is 0 Å². The zero-order valence-electron chi connectivity index (χ0n) is 30.0. The number of carbonyl (C=O) groups excluding carboxylic acids is 1. The average molecular weight is 673 g/mol. The quantitative estimate of drug-likeness (QED) is 0.0330. The molecule has 1 heterocycles. The van der Waals surface area contributed by atoms with Crippen molar-refractivity contribution in [1.29, 1.82) is 0 Å². The fourth-order valence-corrected chi connectivity index (χ4v) is 5.84. The molecule has 1 saturated heterocycles. The Morgan fingerprint density at radius 2 is 1.17 bits per heavy atom. The molecule has 9 heteroatoms. The van der Waals surface area contributed by atoms with Crippen molar-refractivity contribution >= 4 is 5.97 Å². The fourth-order valence-electron chi connectivity index (χ4n) is 5.84. The Bertz CT molecular complexity index is 732. The maximum Gasteiger partial charge on any atom is 0.306 e. The number of aliphatic hydroxyl groups excluding tert-OH is 4. The number of carbonyl (C=O) groups is 1. The standard InChI is InChI=1S/C38H72O9/c1-3-5-7-9-11-13-15-16-17-18-20-22-24-26-28-44-30-32(31-45-38-37(43)36(42)35(41)33(29-39)47-38)46-34(40)27-25-23-21-19-14-12-10-8-6-4-2/h13,15,32-33,35-39,41-43H,3-12,14,16-31H2,1-2H3/b15-13-. The molecule has 6 unspecified atom stereocenters. The Kier molecular flexibility index (Phi) is 28.9. The maximum atomic E-state index is 12.6. The van der Waals surface area contributed by atoms with Crippen molar-refractivity contribution in [2.24, 2.45) is 0 Å². The second-order valence-corrected chi connectivity index (χ2v) is 13.4. The van der Waals surface area contributed by atoms with Gasteiger partial charge in [-0.15, -0.1) is 0 Å². The summed E-state index contributed by atoms with van der Waals surface area (Å²) in [5, 5.41) is 39.9. The minimum atomic E-state index is -1.53. The predicted molar refractivity (Wildman–Crippen MR) is 187 cm³/mol. The summed E-state index contributed by atoms with van der Waals surface area (Å²) in [4.78, 5) is 12.6. The molecular weight excluding hydrogens is 600 g/mol. The van der Waals surface area contributed by atoms with Gasteiger partial charge in [0.15, 0.2) is 6.29 Å². The summed E-state index contributed by atoms with van der Waals surface area (Å²) >= 11 is 0. The second-order valence-electron chi connectivity index (χ2n) is 13.4. The van der Waals surface area contributed by atoms with Crippen LogP contribution in [0.1, 0.15) is 162 Å². The maximum absolute atomic E-state index is 12.6. The molecule has 0 saturated carbocycles. The van der Waals surface area contributed by atoms with Crippen LogP contribution < -0.4 is 0 Å². The summed E-state index contributed by atoms with van der Waals surface area (Å²) in [7, 11) is 0. The van der Waals surface area contributed by atoms with Crippen molar-refractivity contribution < 1.29 is 44.2 Å². The first-order valence-electron chi connectivity index (χ1n) is 19.3. The highest BCUT2D eigenvalue weighted by Gasteiger charge is 2.44. The third-order valence-electron chi connectivity index (χ3n) is 8.93. The van der Waals surface area contributed by atoms with Gasteiger partial charge in [-0.3, -0.25) is 4.79 Å². The molecule has 6 atom stereocenters. The number of hydrogen-bond donors (Lipinski definition) is 4. The van der Waals surface area contributed by atoms with Crippen LogP contribution in [0.2, 0.25) is 0 Å². The van der Waals surface area contributed by atoms with Crippen LogP contribution in [0.5, 0.6) is 0 Å². The van der Waals surface area contributed by atoms with Gasteiger partial charge >= 0.3 is 5.97 Å². The molecule has 0 aromatic rings. The van der Waals surface area contributed by atoms with Crippen LogP contribution in [0.25, 0.3) is 0 Å². The van der Waals surface area contributed by atoms with E-state index in [2.05, 4.69) is 26.0 Å². The topological polar surface area (TPSA) is 135 Å². The van der Waals surface area contributed by atoms with Gasteiger partial charge in [0.25, 0.3) is 0 Å². The van der Waals surface area contributed by atoms with Crippen molar-refractivity contribution in [3.63, 3.8) is 0 Å². The Morgan fingerprint density at radius 3 is 1.74 bits per heavy atom. The van der Waals surface area contributed by atoms with Crippen molar-refractivity contribution in [2.75, 3.05) is 26.4 Å². The van der Waals surface area contributed by atoms with Crippen molar-refractivity contribution in [3.8, 4) is 0 Å². The van der Waals surface area contributed by atoms with Gasteiger partial charge in [0.2, 0.25) is 0 Å². The second kappa shape index (κ2) is 30.9. The zero-order valence-corrected chi connectivity index (χ0v) is 30.0. The van der Waals surface area contributed by atoms with Crippen LogP contribution in [0.4, 0.5) is 0 Å². The van der Waals surface area contributed by atoms with Crippen molar-refractivity contribution in [1.82, 2.24) is 0 Å². The lowest BCUT2D eigenvalue weighted by Crippen LogP contribution is -2.59. The van der Waals surface area contributed by atoms with Crippen LogP contribution in [-0.2, 0) is 23.7 Å². The Labute approximate surface area is 286 Å². The minimum Gasteiger partial charge on any atom is -0.457 e. The molecule has 1 aliphatic rings. The van der Waals surface area contributed by atoms with E-state index in [1.54, 1.807) is 0 Å². The summed E-state index contributed by atoms with van der Waals surface area (Å²) in [5.74, 6) is -0.318. The molecule has 0 aromatic heterocycles. The van der Waals surface area contributed by atoms with E-state index in [9.17, 15) is 25.2 Å². The molecule has 0 aromatic carbocycles. The van der Waals surface area contributed by atoms with Gasteiger partial charge in [-0.25, -0.2) is 0 Å². The first-order valence-corrected chi connectivity index (χ1v) is 19.3. The van der Waals surface area contributed by atoms with Gasteiger partial charge in [0, 0.05) is 13.0 Å². The van der Waals surface area contributed by atoms with Gasteiger partial charge in [-0.05, 0) is 38.5 Å². The fraction of sp³-hybridized carbons (Fsp3) is 0.921. The normalized spacial score (nSPS) is 22.2. The molecule has 1 rings (SSSR count). The van der Waals surface area contributed by atoms with Gasteiger partial charge in [-0.2, -0.15) is 0 Å². The molecule has 0 spiro atoms. The lowest BCUT2D eigenvalue weighted by atomic mass is 9.99. The Hall–Kier alpha value is -1.07. The summed E-state index contributed by atoms with van der Waals surface area (Å²) in [6.45, 7) is 4.52. The summed E-state index contributed by atoms with van der Waals surface area (Å²) in [6, 6.07) is 0. The third-order valence-corrected chi connectivity index (χ3v) is 8.93. The highest BCUT2D eigenvalue weighted by Crippen LogP contribution is 2.22. The van der Waals surface area contributed by atoms with Crippen molar-refractivity contribution in [3.05, 3.63) is 12.2 Å². The monoisotopic (exact) mass is 673 g/mol. The van der Waals surface area contributed by atoms with E-state index in [-0.39, 0.29) is 19.2 Å². The molecule has 0 aliphatic carbocycles. The van der Waals surface area contributed by atoms with Crippen LogP contribution >= 0.6 is 0 Å². The number of esters is 1. The van der Waals surface area contributed by atoms with E-state index < -0.39 is 43.4 Å². The molecular formula is C38H72O9. The molecule has 0 radical (unpaired) electrons. The lowest BCUT2D eigenvalue weighted by molar-refractivity contribution is -0.305. The SMILES string of the molecule is CCCCCC/C=C\CCCCCCCCOCC(COC1OC(CO)C(O)C(O)C1O)OC(=O)CCCCCCCCCCCC. The third kappa shape index (κ3) is 23.1. The number of rotatable bonds is 32. The summed E-state index contributed by atoms with van der Waals surface area (Å²) in [5.41, 5.74) is 0. The summed E-state index contributed by atoms with van der Waals surface area (Å²) < 4.78 is 22.7. The van der Waals surface area contributed by atoms with Gasteiger partial charge in [0.1, 0.15) is 30.5 Å². The zero-order chi connectivity index (χ0) is 34.4. The molecule has 0 bridgehead atoms. The molecule has 4 N–H and O–H groups in total. The van der Waals surface area contributed by atoms with E-state index in [0.29, 0.717) is 13.0 Å². The van der Waals surface area contributed by atoms with Gasteiger partial charge < -0.3 is 39.4 Å². The molecule has 47 heavy (non-hydrogen) atoms. The minimum absolute atomic E-state index is 0.111. The largest absolute Gasteiger partial charge is 0.457 e. The smallest absolute Gasteiger partial charge is 0.306 e. The molecule has 278 valence electrons. The van der Waals surface area contributed by atoms with E-state index in [1.165, 1.54) is 109 Å². The van der Waals surface area contributed by atoms with Gasteiger partial charge in [0.05, 0.1) is 19.8 Å². The highest BCUT2D eigenvalue weighted by molar-refractivity contribution is 5.69. The number of aliphatic hydroxyl groups is 4. The van der Waals surface area contributed by atoms with Crippen molar-refractivity contribution in [2.45, 2.75) is 198 Å². The molecule has 1 fully saturated rings. The Balaban J connectivity index is 2.32. The van der Waals surface area contributed by atoms with E-state index in [1.807, 2.05) is 0 Å². The predicted octanol–water partition coefficient (Wildman–Crippen LogP) is 7.30. The Morgan fingerprint density at radius 1 is 0.660 bits per heavy atom. The summed E-state index contributed by atoms with van der Waals surface area (Å²) in [6.07, 6.45) is 23.8. The number of hydrogen-bond acceptors (Lipinski definition) is 9. The van der Waals surface area contributed by atoms with E-state index in [4.69, 9.17) is 18.9 Å². The first kappa shape index (κ1) is 44.0.